The smallest absolute Gasteiger partial charge is 0.183 e. The molecular weight excluding hydrogens is 319 g/mol. The van der Waals surface area contributed by atoms with Gasteiger partial charge < -0.3 is 9.88 Å². The Hall–Kier alpha value is -1.45. The Morgan fingerprint density at radius 2 is 1.91 bits per heavy atom. The third-order valence-electron chi connectivity index (χ3n) is 3.67. The summed E-state index contributed by atoms with van der Waals surface area (Å²) in [7, 11) is 0. The van der Waals surface area contributed by atoms with Crippen molar-refractivity contribution in [2.45, 2.75) is 33.7 Å². The van der Waals surface area contributed by atoms with Crippen LogP contribution >= 0.6 is 23.2 Å². The largest absolute Gasteiger partial charge is 0.376 e. The van der Waals surface area contributed by atoms with Crippen molar-refractivity contribution >= 4 is 34.7 Å². The topological polar surface area (TPSA) is 34.0 Å². The average Bonchev–Trinajstić information content (AvgIpc) is 2.72. The minimum absolute atomic E-state index is 0.0472. The summed E-state index contributed by atoms with van der Waals surface area (Å²) in [4.78, 5) is 12.5. The van der Waals surface area contributed by atoms with Gasteiger partial charge in [-0.25, -0.2) is 0 Å². The highest BCUT2D eigenvalue weighted by atomic mass is 35.5. The quantitative estimate of drug-likeness (QED) is 0.751. The fourth-order valence-corrected chi connectivity index (χ4v) is 3.23. The van der Waals surface area contributed by atoms with E-state index in [1.165, 1.54) is 0 Å². The second kappa shape index (κ2) is 6.76. The Bertz CT molecular complexity index is 705. The fourth-order valence-electron chi connectivity index (χ4n) is 2.76. The predicted molar refractivity (Wildman–Crippen MR) is 93.6 cm³/mol. The zero-order chi connectivity index (χ0) is 16.4. The van der Waals surface area contributed by atoms with Gasteiger partial charge in [-0.1, -0.05) is 23.2 Å². The molecule has 5 heteroatoms. The summed E-state index contributed by atoms with van der Waals surface area (Å²) in [6.45, 7) is 8.42. The number of carbonyl (C=O) groups is 1. The van der Waals surface area contributed by atoms with Crippen LogP contribution in [-0.2, 0) is 0 Å². The van der Waals surface area contributed by atoms with Crippen molar-refractivity contribution in [2.24, 2.45) is 0 Å². The molecule has 118 valence electrons. The van der Waals surface area contributed by atoms with Crippen LogP contribution in [0.5, 0.6) is 0 Å². The van der Waals surface area contributed by atoms with Crippen molar-refractivity contribution in [2.75, 3.05) is 11.9 Å². The van der Waals surface area contributed by atoms with Crippen LogP contribution in [0.3, 0.4) is 0 Å². The summed E-state index contributed by atoms with van der Waals surface area (Å²) in [6, 6.07) is 7.45. The Kier molecular flexibility index (Phi) is 5.20. The van der Waals surface area contributed by atoms with Crippen LogP contribution in [0.2, 0.25) is 10.0 Å². The summed E-state index contributed by atoms with van der Waals surface area (Å²) in [6.07, 6.45) is 0. The molecule has 0 aliphatic heterocycles. The number of hydrogen-bond acceptors (Lipinski definition) is 2. The van der Waals surface area contributed by atoms with Crippen LogP contribution in [-0.4, -0.2) is 16.9 Å². The maximum atomic E-state index is 12.5. The van der Waals surface area contributed by atoms with Gasteiger partial charge in [-0.2, -0.15) is 0 Å². The van der Waals surface area contributed by atoms with Gasteiger partial charge in [0.25, 0.3) is 0 Å². The molecule has 0 aliphatic rings. The van der Waals surface area contributed by atoms with Gasteiger partial charge in [-0.15, -0.1) is 0 Å². The molecule has 1 N–H and O–H groups in total. The van der Waals surface area contributed by atoms with Gasteiger partial charge in [-0.05, 0) is 52.0 Å². The molecule has 0 aliphatic carbocycles. The summed E-state index contributed by atoms with van der Waals surface area (Å²) >= 11 is 12.0. The van der Waals surface area contributed by atoms with Crippen LogP contribution in [0, 0.1) is 13.8 Å². The molecule has 0 unspecified atom stereocenters. The molecule has 2 rings (SSSR count). The van der Waals surface area contributed by atoms with E-state index in [0.29, 0.717) is 21.8 Å². The van der Waals surface area contributed by atoms with Crippen molar-refractivity contribution in [3.63, 3.8) is 0 Å². The molecule has 2 aromatic rings. The molecule has 0 fully saturated rings. The predicted octanol–water partition coefficient (Wildman–Crippen LogP) is 5.29. The Morgan fingerprint density at radius 3 is 2.45 bits per heavy atom. The minimum Gasteiger partial charge on any atom is -0.376 e. The maximum Gasteiger partial charge on any atom is 0.183 e. The molecule has 0 amide bonds. The lowest BCUT2D eigenvalue weighted by Crippen LogP contribution is -2.15. The molecule has 0 radical (unpaired) electrons. The monoisotopic (exact) mass is 338 g/mol. The highest BCUT2D eigenvalue weighted by Gasteiger charge is 2.17. The number of nitrogens with one attached hydrogen (secondary N) is 1. The first-order chi connectivity index (χ1) is 10.3. The number of nitrogens with zero attached hydrogens (tertiary/aromatic N) is 1. The van der Waals surface area contributed by atoms with Crippen molar-refractivity contribution in [1.82, 2.24) is 4.57 Å². The molecule has 22 heavy (non-hydrogen) atoms. The maximum absolute atomic E-state index is 12.5. The highest BCUT2D eigenvalue weighted by Crippen LogP contribution is 2.26. The van der Waals surface area contributed by atoms with Crippen LogP contribution in [0.25, 0.3) is 0 Å². The van der Waals surface area contributed by atoms with Gasteiger partial charge in [0.15, 0.2) is 5.78 Å². The lowest BCUT2D eigenvalue weighted by molar-refractivity contribution is 0.101. The van der Waals surface area contributed by atoms with E-state index in [-0.39, 0.29) is 12.3 Å². The van der Waals surface area contributed by atoms with Crippen molar-refractivity contribution in [1.29, 1.82) is 0 Å². The average molecular weight is 339 g/mol. The minimum atomic E-state index is 0.0472. The normalized spacial score (nSPS) is 11.0. The fraction of sp³-hybridized carbons (Fsp3) is 0.353. The number of benzene rings is 1. The highest BCUT2D eigenvalue weighted by molar-refractivity contribution is 6.36. The number of carbonyl (C=O) groups excluding carboxylic acids is 1. The number of rotatable bonds is 5. The molecule has 1 aromatic heterocycles. The van der Waals surface area contributed by atoms with Crippen molar-refractivity contribution < 1.29 is 4.79 Å². The van der Waals surface area contributed by atoms with E-state index in [9.17, 15) is 4.79 Å². The number of ketones is 1. The molecule has 1 heterocycles. The summed E-state index contributed by atoms with van der Waals surface area (Å²) in [5.41, 5.74) is 3.56. The molecule has 0 saturated heterocycles. The van der Waals surface area contributed by atoms with Gasteiger partial charge in [0, 0.05) is 28.0 Å². The summed E-state index contributed by atoms with van der Waals surface area (Å²) in [5, 5.41) is 4.15. The second-order valence-electron chi connectivity index (χ2n) is 5.65. The second-order valence-corrected chi connectivity index (χ2v) is 6.49. The summed E-state index contributed by atoms with van der Waals surface area (Å²) in [5.74, 6) is 0.0472. The van der Waals surface area contributed by atoms with Gasteiger partial charge in [0.05, 0.1) is 17.3 Å². The van der Waals surface area contributed by atoms with Gasteiger partial charge in [0.1, 0.15) is 0 Å². The first kappa shape index (κ1) is 16.9. The Labute approximate surface area is 141 Å². The van der Waals surface area contributed by atoms with Crippen LogP contribution < -0.4 is 5.32 Å². The molecule has 0 saturated carbocycles. The molecule has 3 nitrogen and oxygen atoms in total. The van der Waals surface area contributed by atoms with E-state index in [4.69, 9.17) is 23.2 Å². The molecule has 1 aromatic carbocycles. The zero-order valence-electron chi connectivity index (χ0n) is 13.2. The van der Waals surface area contributed by atoms with Crippen molar-refractivity contribution in [3.8, 4) is 0 Å². The molecule has 0 spiro atoms. The van der Waals surface area contributed by atoms with Crippen molar-refractivity contribution in [3.05, 3.63) is 51.3 Å². The number of Topliss-reactive ketones (excluding diaryl/α,β-unsaturated/α-hetero) is 1. The van der Waals surface area contributed by atoms with E-state index in [1.807, 2.05) is 19.9 Å². The summed E-state index contributed by atoms with van der Waals surface area (Å²) < 4.78 is 2.17. The molecule has 0 bridgehead atoms. The Balaban J connectivity index is 2.15. The van der Waals surface area contributed by atoms with Gasteiger partial charge >= 0.3 is 0 Å². The van der Waals surface area contributed by atoms with E-state index < -0.39 is 0 Å². The number of hydrogen-bond donors (Lipinski definition) is 1. The standard InChI is InChI=1S/C17H20Cl2N2O/c1-10(2)21-11(3)7-14(12(21)4)17(22)9-20-16-6-5-13(18)8-15(16)19/h5-8,10,20H,9H2,1-4H3. The lowest BCUT2D eigenvalue weighted by atomic mass is 10.1. The van der Waals surface area contributed by atoms with E-state index in [0.717, 1.165) is 17.0 Å². The van der Waals surface area contributed by atoms with Crippen LogP contribution in [0.1, 0.15) is 41.6 Å². The van der Waals surface area contributed by atoms with Crippen LogP contribution in [0.4, 0.5) is 5.69 Å². The van der Waals surface area contributed by atoms with E-state index in [1.54, 1.807) is 18.2 Å². The Morgan fingerprint density at radius 1 is 1.23 bits per heavy atom. The number of anilines is 1. The van der Waals surface area contributed by atoms with Crippen LogP contribution in [0.15, 0.2) is 24.3 Å². The number of aromatic nitrogens is 1. The van der Waals surface area contributed by atoms with Gasteiger partial charge in [-0.3, -0.25) is 4.79 Å². The molecular formula is C17H20Cl2N2O. The van der Waals surface area contributed by atoms with E-state index >= 15 is 0 Å². The third kappa shape index (κ3) is 3.47. The number of halogens is 2. The lowest BCUT2D eigenvalue weighted by Gasteiger charge is -2.13. The SMILES string of the molecule is Cc1cc(C(=O)CNc2ccc(Cl)cc2Cl)c(C)n1C(C)C. The number of aryl methyl sites for hydroxylation is 1. The third-order valence-corrected chi connectivity index (χ3v) is 4.22. The zero-order valence-corrected chi connectivity index (χ0v) is 14.7. The first-order valence-corrected chi connectivity index (χ1v) is 7.97. The first-order valence-electron chi connectivity index (χ1n) is 7.21. The van der Waals surface area contributed by atoms with Gasteiger partial charge in [0.2, 0.25) is 0 Å². The molecule has 0 atom stereocenters. The van der Waals surface area contributed by atoms with E-state index in [2.05, 4.69) is 23.7 Å².